The zero-order chi connectivity index (χ0) is 19.6. The number of benzene rings is 2. The van der Waals surface area contributed by atoms with E-state index < -0.39 is 0 Å². The van der Waals surface area contributed by atoms with Gasteiger partial charge in [-0.1, -0.05) is 6.07 Å². The van der Waals surface area contributed by atoms with E-state index in [9.17, 15) is 14.0 Å². The van der Waals surface area contributed by atoms with Crippen molar-refractivity contribution in [2.45, 2.75) is 26.3 Å². The lowest BCUT2D eigenvalue weighted by atomic mass is 9.94. The highest BCUT2D eigenvalue weighted by Crippen LogP contribution is 2.32. The van der Waals surface area contributed by atoms with Crippen LogP contribution >= 0.6 is 0 Å². The Kier molecular flexibility index (Phi) is 5.30. The summed E-state index contributed by atoms with van der Waals surface area (Å²) in [5.74, 6) is -0.0445. The van der Waals surface area contributed by atoms with Gasteiger partial charge in [0.15, 0.2) is 0 Å². The molecular formula is C20H22FN3O3. The van der Waals surface area contributed by atoms with Gasteiger partial charge in [0.05, 0.1) is 18.8 Å². The smallest absolute Gasteiger partial charge is 0.322 e. The third-order valence-corrected chi connectivity index (χ3v) is 4.67. The largest absolute Gasteiger partial charge is 0.495 e. The molecule has 0 radical (unpaired) electrons. The minimum Gasteiger partial charge on any atom is -0.495 e. The normalized spacial score (nSPS) is 15.7. The molecule has 142 valence electrons. The van der Waals surface area contributed by atoms with E-state index in [1.807, 2.05) is 6.92 Å². The number of hydrogen-bond donors (Lipinski definition) is 2. The highest BCUT2D eigenvalue weighted by molar-refractivity contribution is 5.94. The van der Waals surface area contributed by atoms with Crippen molar-refractivity contribution < 1.29 is 18.7 Å². The summed E-state index contributed by atoms with van der Waals surface area (Å²) in [7, 11) is 1.50. The van der Waals surface area contributed by atoms with Crippen LogP contribution in [0, 0.1) is 5.82 Å². The van der Waals surface area contributed by atoms with Gasteiger partial charge in [0.2, 0.25) is 5.91 Å². The Morgan fingerprint density at radius 1 is 1.19 bits per heavy atom. The Hall–Kier alpha value is -3.09. The molecule has 3 amide bonds. The van der Waals surface area contributed by atoms with Crippen molar-refractivity contribution in [2.75, 3.05) is 24.3 Å². The maximum absolute atomic E-state index is 13.6. The number of hydrogen-bond acceptors (Lipinski definition) is 3. The lowest BCUT2D eigenvalue weighted by Crippen LogP contribution is -2.41. The molecule has 3 rings (SSSR count). The Labute approximate surface area is 157 Å². The van der Waals surface area contributed by atoms with E-state index in [4.69, 9.17) is 4.74 Å². The summed E-state index contributed by atoms with van der Waals surface area (Å²) >= 11 is 0. The number of nitrogens with one attached hydrogen (secondary N) is 2. The molecule has 27 heavy (non-hydrogen) atoms. The molecule has 1 heterocycles. The van der Waals surface area contributed by atoms with Crippen LogP contribution in [0.1, 0.15) is 31.0 Å². The van der Waals surface area contributed by atoms with Crippen LogP contribution in [0.25, 0.3) is 0 Å². The van der Waals surface area contributed by atoms with Crippen LogP contribution < -0.4 is 15.4 Å². The van der Waals surface area contributed by atoms with Crippen LogP contribution in [0.5, 0.6) is 5.75 Å². The zero-order valence-corrected chi connectivity index (χ0v) is 15.5. The third kappa shape index (κ3) is 4.02. The summed E-state index contributed by atoms with van der Waals surface area (Å²) in [5.41, 5.74) is 2.89. The van der Waals surface area contributed by atoms with Crippen molar-refractivity contribution in [1.29, 1.82) is 0 Å². The van der Waals surface area contributed by atoms with Crippen LogP contribution in [0.2, 0.25) is 0 Å². The Morgan fingerprint density at radius 3 is 2.67 bits per heavy atom. The molecule has 6 nitrogen and oxygen atoms in total. The van der Waals surface area contributed by atoms with Crippen molar-refractivity contribution in [3.05, 3.63) is 53.3 Å². The molecule has 7 heteroatoms. The topological polar surface area (TPSA) is 70.7 Å². The summed E-state index contributed by atoms with van der Waals surface area (Å²) < 4.78 is 18.8. The fourth-order valence-corrected chi connectivity index (χ4v) is 3.33. The number of carbonyl (C=O) groups excluding carboxylic acids is 2. The van der Waals surface area contributed by atoms with E-state index in [0.29, 0.717) is 30.1 Å². The minimum absolute atomic E-state index is 0.236. The molecule has 1 aliphatic rings. The average molecular weight is 371 g/mol. The van der Waals surface area contributed by atoms with Crippen molar-refractivity contribution in [3.63, 3.8) is 0 Å². The first-order valence-corrected chi connectivity index (χ1v) is 8.70. The molecule has 2 aromatic carbocycles. The van der Waals surface area contributed by atoms with E-state index in [-0.39, 0.29) is 23.8 Å². The van der Waals surface area contributed by atoms with Crippen LogP contribution in [0.4, 0.5) is 20.6 Å². The molecule has 0 aromatic heterocycles. The molecule has 1 aliphatic heterocycles. The van der Waals surface area contributed by atoms with Gasteiger partial charge in [-0.3, -0.25) is 4.79 Å². The summed E-state index contributed by atoms with van der Waals surface area (Å²) in [6, 6.07) is 9.20. The summed E-state index contributed by atoms with van der Waals surface area (Å²) in [6.45, 7) is 3.82. The van der Waals surface area contributed by atoms with E-state index in [2.05, 4.69) is 10.6 Å². The highest BCUT2D eigenvalue weighted by Gasteiger charge is 2.28. The highest BCUT2D eigenvalue weighted by atomic mass is 19.1. The monoisotopic (exact) mass is 371 g/mol. The molecule has 1 atom stereocenters. The molecule has 0 saturated carbocycles. The van der Waals surface area contributed by atoms with Gasteiger partial charge in [0, 0.05) is 19.2 Å². The predicted molar refractivity (Wildman–Crippen MR) is 102 cm³/mol. The average Bonchev–Trinajstić information content (AvgIpc) is 2.62. The first-order valence-electron chi connectivity index (χ1n) is 8.70. The van der Waals surface area contributed by atoms with E-state index in [1.165, 1.54) is 26.2 Å². The van der Waals surface area contributed by atoms with Gasteiger partial charge in [0.1, 0.15) is 11.6 Å². The van der Waals surface area contributed by atoms with Crippen molar-refractivity contribution in [1.82, 2.24) is 4.90 Å². The quantitative estimate of drug-likeness (QED) is 0.858. The van der Waals surface area contributed by atoms with Gasteiger partial charge in [-0.2, -0.15) is 0 Å². The molecule has 0 spiro atoms. The standard InChI is InChI=1S/C20H22FN3O3/c1-12-17-10-15(21)5-4-14(17)8-9-24(12)20(26)23-16-6-7-19(27-3)18(11-16)22-13(2)25/h4-7,10-12H,8-9H2,1-3H3,(H,22,25)(H,23,26)/t12-/m0/s1. The number of methoxy groups -OCH3 is 1. The number of rotatable bonds is 3. The molecule has 0 unspecified atom stereocenters. The maximum Gasteiger partial charge on any atom is 0.322 e. The molecular weight excluding hydrogens is 349 g/mol. The third-order valence-electron chi connectivity index (χ3n) is 4.67. The summed E-state index contributed by atoms with van der Waals surface area (Å²) in [6.07, 6.45) is 0.674. The number of anilines is 2. The zero-order valence-electron chi connectivity index (χ0n) is 15.5. The van der Waals surface area contributed by atoms with Crippen molar-refractivity contribution in [2.24, 2.45) is 0 Å². The van der Waals surface area contributed by atoms with Crippen molar-refractivity contribution in [3.8, 4) is 5.75 Å². The first kappa shape index (κ1) is 18.7. The number of carbonyl (C=O) groups is 2. The Morgan fingerprint density at radius 2 is 1.96 bits per heavy atom. The van der Waals surface area contributed by atoms with Crippen LogP contribution in [-0.4, -0.2) is 30.5 Å². The fourth-order valence-electron chi connectivity index (χ4n) is 3.33. The second-order valence-electron chi connectivity index (χ2n) is 6.49. The Balaban J connectivity index is 1.78. The van der Waals surface area contributed by atoms with Crippen LogP contribution in [0.3, 0.4) is 0 Å². The van der Waals surface area contributed by atoms with Gasteiger partial charge >= 0.3 is 6.03 Å². The predicted octanol–water partition coefficient (Wildman–Crippen LogP) is 3.94. The van der Waals surface area contributed by atoms with Crippen molar-refractivity contribution >= 4 is 23.3 Å². The van der Waals surface area contributed by atoms with Gasteiger partial charge in [-0.05, 0) is 54.8 Å². The molecule has 2 aromatic rings. The van der Waals surface area contributed by atoms with E-state index in [1.54, 1.807) is 29.2 Å². The number of fused-ring (bicyclic) bond motifs is 1. The van der Waals surface area contributed by atoms with E-state index >= 15 is 0 Å². The minimum atomic E-state index is -0.307. The number of urea groups is 1. The Bertz CT molecular complexity index is 885. The fraction of sp³-hybridized carbons (Fsp3) is 0.300. The lowest BCUT2D eigenvalue weighted by Gasteiger charge is -2.35. The number of ether oxygens (including phenoxy) is 1. The second kappa shape index (κ2) is 7.65. The van der Waals surface area contributed by atoms with Crippen LogP contribution in [-0.2, 0) is 11.2 Å². The van der Waals surface area contributed by atoms with Gasteiger partial charge < -0.3 is 20.3 Å². The molecule has 0 fully saturated rings. The lowest BCUT2D eigenvalue weighted by molar-refractivity contribution is -0.114. The molecule has 0 bridgehead atoms. The van der Waals surface area contributed by atoms with E-state index in [0.717, 1.165) is 11.1 Å². The maximum atomic E-state index is 13.6. The molecule has 2 N–H and O–H groups in total. The molecule has 0 saturated heterocycles. The second-order valence-corrected chi connectivity index (χ2v) is 6.49. The van der Waals surface area contributed by atoms with Gasteiger partial charge in [0.25, 0.3) is 0 Å². The SMILES string of the molecule is COc1ccc(NC(=O)N2CCc3ccc(F)cc3[C@@H]2C)cc1NC(C)=O. The number of nitrogens with zero attached hydrogens (tertiary/aromatic N) is 1. The van der Waals surface area contributed by atoms with Gasteiger partial charge in [-0.15, -0.1) is 0 Å². The molecule has 0 aliphatic carbocycles. The summed E-state index contributed by atoms with van der Waals surface area (Å²) in [5, 5.41) is 5.51. The van der Waals surface area contributed by atoms with Crippen LogP contribution in [0.15, 0.2) is 36.4 Å². The first-order chi connectivity index (χ1) is 12.9. The summed E-state index contributed by atoms with van der Waals surface area (Å²) in [4.78, 5) is 25.8. The van der Waals surface area contributed by atoms with Gasteiger partial charge in [-0.25, -0.2) is 9.18 Å². The number of halogens is 1. The number of amides is 3.